The van der Waals surface area contributed by atoms with E-state index in [9.17, 15) is 15.0 Å². The number of rotatable bonds is 7. The molecular weight excluding hydrogens is 298 g/mol. The molecule has 0 saturated carbocycles. The molecule has 1 aliphatic heterocycles. The number of hydrogen-bond donors (Lipinski definition) is 4. The lowest BCUT2D eigenvalue weighted by molar-refractivity contribution is -0.125. The SMILES string of the molecule is CC(C)NC(=O)CC1OC(CNCc2ccccn2)C(O)C1O. The van der Waals surface area contributed by atoms with Gasteiger partial charge in [0.25, 0.3) is 0 Å². The van der Waals surface area contributed by atoms with Gasteiger partial charge in [0.2, 0.25) is 5.91 Å². The highest BCUT2D eigenvalue weighted by atomic mass is 16.5. The fourth-order valence-corrected chi connectivity index (χ4v) is 2.57. The van der Waals surface area contributed by atoms with Gasteiger partial charge in [0.05, 0.1) is 24.3 Å². The molecule has 128 valence electrons. The van der Waals surface area contributed by atoms with Gasteiger partial charge in [0, 0.05) is 25.3 Å². The first kappa shape index (κ1) is 17.8. The number of amides is 1. The Kier molecular flexibility index (Phi) is 6.47. The first-order valence-electron chi connectivity index (χ1n) is 7.89. The summed E-state index contributed by atoms with van der Waals surface area (Å²) in [6.45, 7) is 4.64. The van der Waals surface area contributed by atoms with E-state index in [1.54, 1.807) is 6.20 Å². The van der Waals surface area contributed by atoms with Crippen molar-refractivity contribution in [3.05, 3.63) is 30.1 Å². The zero-order valence-electron chi connectivity index (χ0n) is 13.5. The van der Waals surface area contributed by atoms with Crippen molar-refractivity contribution in [2.75, 3.05) is 6.54 Å². The summed E-state index contributed by atoms with van der Waals surface area (Å²) in [6, 6.07) is 5.67. The van der Waals surface area contributed by atoms with Gasteiger partial charge in [0.1, 0.15) is 12.2 Å². The Balaban J connectivity index is 1.78. The quantitative estimate of drug-likeness (QED) is 0.543. The Hall–Kier alpha value is -1.54. The highest BCUT2D eigenvalue weighted by Gasteiger charge is 2.43. The number of carbonyl (C=O) groups excluding carboxylic acids is 1. The Bertz CT molecular complexity index is 497. The second kappa shape index (κ2) is 8.35. The molecule has 7 nitrogen and oxygen atoms in total. The molecule has 2 rings (SSSR count). The third-order valence-electron chi connectivity index (χ3n) is 3.68. The van der Waals surface area contributed by atoms with Crippen LogP contribution in [0.3, 0.4) is 0 Å². The Morgan fingerprint density at radius 2 is 2.04 bits per heavy atom. The third-order valence-corrected chi connectivity index (χ3v) is 3.68. The van der Waals surface area contributed by atoms with Crippen molar-refractivity contribution in [2.45, 2.75) is 57.3 Å². The van der Waals surface area contributed by atoms with Crippen LogP contribution >= 0.6 is 0 Å². The largest absolute Gasteiger partial charge is 0.388 e. The van der Waals surface area contributed by atoms with Crippen LogP contribution in [0.2, 0.25) is 0 Å². The number of aliphatic hydroxyl groups excluding tert-OH is 2. The maximum Gasteiger partial charge on any atom is 0.222 e. The highest BCUT2D eigenvalue weighted by Crippen LogP contribution is 2.23. The smallest absolute Gasteiger partial charge is 0.222 e. The monoisotopic (exact) mass is 323 g/mol. The molecule has 0 spiro atoms. The van der Waals surface area contributed by atoms with Crippen LogP contribution in [-0.4, -0.2) is 58.1 Å². The van der Waals surface area contributed by atoms with Gasteiger partial charge in [-0.15, -0.1) is 0 Å². The molecule has 1 fully saturated rings. The van der Waals surface area contributed by atoms with E-state index in [1.165, 1.54) is 0 Å². The molecule has 7 heteroatoms. The van der Waals surface area contributed by atoms with Gasteiger partial charge in [-0.2, -0.15) is 0 Å². The number of ether oxygens (including phenoxy) is 1. The molecule has 1 aliphatic rings. The van der Waals surface area contributed by atoms with Crippen molar-refractivity contribution < 1.29 is 19.7 Å². The van der Waals surface area contributed by atoms with Gasteiger partial charge >= 0.3 is 0 Å². The minimum Gasteiger partial charge on any atom is -0.388 e. The third kappa shape index (κ3) is 5.24. The zero-order valence-corrected chi connectivity index (χ0v) is 13.5. The molecule has 0 bridgehead atoms. The van der Waals surface area contributed by atoms with Crippen molar-refractivity contribution in [3.63, 3.8) is 0 Å². The number of aliphatic hydroxyl groups is 2. The molecule has 4 atom stereocenters. The van der Waals surface area contributed by atoms with Crippen molar-refractivity contribution in [1.82, 2.24) is 15.6 Å². The Labute approximate surface area is 136 Å². The number of nitrogens with one attached hydrogen (secondary N) is 2. The predicted molar refractivity (Wildman–Crippen MR) is 84.5 cm³/mol. The summed E-state index contributed by atoms with van der Waals surface area (Å²) in [6.07, 6.45) is -1.56. The molecule has 1 aromatic rings. The van der Waals surface area contributed by atoms with Gasteiger partial charge in [-0.25, -0.2) is 0 Å². The molecule has 0 aliphatic carbocycles. The van der Waals surface area contributed by atoms with Gasteiger partial charge in [0.15, 0.2) is 0 Å². The normalized spacial score (nSPS) is 27.3. The first-order chi connectivity index (χ1) is 11.0. The Morgan fingerprint density at radius 3 is 2.70 bits per heavy atom. The van der Waals surface area contributed by atoms with Crippen LogP contribution in [0.4, 0.5) is 0 Å². The van der Waals surface area contributed by atoms with Crippen LogP contribution in [0, 0.1) is 0 Å². The van der Waals surface area contributed by atoms with Gasteiger partial charge in [-0.05, 0) is 26.0 Å². The second-order valence-corrected chi connectivity index (χ2v) is 6.07. The number of aromatic nitrogens is 1. The molecule has 0 aromatic carbocycles. The minimum atomic E-state index is -1.06. The molecule has 0 radical (unpaired) electrons. The van der Waals surface area contributed by atoms with E-state index in [-0.39, 0.29) is 18.4 Å². The maximum absolute atomic E-state index is 11.8. The van der Waals surface area contributed by atoms with E-state index in [0.29, 0.717) is 13.1 Å². The zero-order chi connectivity index (χ0) is 16.8. The lowest BCUT2D eigenvalue weighted by Gasteiger charge is -2.15. The molecule has 4 N–H and O–H groups in total. The minimum absolute atomic E-state index is 0.0294. The summed E-state index contributed by atoms with van der Waals surface area (Å²) in [5.74, 6) is -0.196. The van der Waals surface area contributed by atoms with Crippen LogP contribution in [-0.2, 0) is 16.1 Å². The molecule has 1 amide bonds. The number of pyridine rings is 1. The summed E-state index contributed by atoms with van der Waals surface area (Å²) < 4.78 is 5.63. The average Bonchev–Trinajstić information content (AvgIpc) is 2.76. The predicted octanol–water partition coefficient (Wildman–Crippen LogP) is -0.425. The number of nitrogens with zero attached hydrogens (tertiary/aromatic N) is 1. The van der Waals surface area contributed by atoms with E-state index in [1.807, 2.05) is 32.0 Å². The summed E-state index contributed by atoms with van der Waals surface area (Å²) >= 11 is 0. The van der Waals surface area contributed by atoms with E-state index < -0.39 is 24.4 Å². The average molecular weight is 323 g/mol. The van der Waals surface area contributed by atoms with Crippen LogP contribution in [0.5, 0.6) is 0 Å². The Morgan fingerprint density at radius 1 is 1.30 bits per heavy atom. The van der Waals surface area contributed by atoms with Crippen LogP contribution in [0.15, 0.2) is 24.4 Å². The van der Waals surface area contributed by atoms with Gasteiger partial charge in [-0.1, -0.05) is 6.07 Å². The molecule has 2 heterocycles. The van der Waals surface area contributed by atoms with Gasteiger partial charge in [-0.3, -0.25) is 9.78 Å². The van der Waals surface area contributed by atoms with Crippen molar-refractivity contribution in [2.24, 2.45) is 0 Å². The second-order valence-electron chi connectivity index (χ2n) is 6.07. The number of carbonyl (C=O) groups is 1. The summed E-state index contributed by atoms with van der Waals surface area (Å²) in [5, 5.41) is 26.0. The molecule has 4 unspecified atom stereocenters. The maximum atomic E-state index is 11.8. The van der Waals surface area contributed by atoms with E-state index in [4.69, 9.17) is 4.74 Å². The molecule has 1 saturated heterocycles. The topological polar surface area (TPSA) is 104 Å². The fourth-order valence-electron chi connectivity index (χ4n) is 2.57. The summed E-state index contributed by atoms with van der Waals surface area (Å²) in [7, 11) is 0. The van der Waals surface area contributed by atoms with E-state index in [0.717, 1.165) is 5.69 Å². The fraction of sp³-hybridized carbons (Fsp3) is 0.625. The summed E-state index contributed by atoms with van der Waals surface area (Å²) in [5.41, 5.74) is 0.883. The summed E-state index contributed by atoms with van der Waals surface area (Å²) in [4.78, 5) is 16.0. The van der Waals surface area contributed by atoms with Crippen LogP contribution < -0.4 is 10.6 Å². The standard InChI is InChI=1S/C16H25N3O4/c1-10(2)19-14(20)7-12-15(21)16(22)13(23-12)9-17-8-11-5-3-4-6-18-11/h3-6,10,12-13,15-17,21-22H,7-9H2,1-2H3,(H,19,20). The molecule has 1 aromatic heterocycles. The molecular formula is C16H25N3O4. The highest BCUT2D eigenvalue weighted by molar-refractivity contribution is 5.76. The van der Waals surface area contributed by atoms with Crippen LogP contribution in [0.1, 0.15) is 26.0 Å². The van der Waals surface area contributed by atoms with E-state index in [2.05, 4.69) is 15.6 Å². The van der Waals surface area contributed by atoms with E-state index >= 15 is 0 Å². The lowest BCUT2D eigenvalue weighted by Crippen LogP contribution is -2.39. The number of hydrogen-bond acceptors (Lipinski definition) is 6. The first-order valence-corrected chi connectivity index (χ1v) is 7.89. The van der Waals surface area contributed by atoms with Crippen LogP contribution in [0.25, 0.3) is 0 Å². The molecule has 23 heavy (non-hydrogen) atoms. The van der Waals surface area contributed by atoms with Crippen molar-refractivity contribution >= 4 is 5.91 Å². The van der Waals surface area contributed by atoms with Crippen molar-refractivity contribution in [3.8, 4) is 0 Å². The van der Waals surface area contributed by atoms with Gasteiger partial charge < -0.3 is 25.6 Å². The lowest BCUT2D eigenvalue weighted by atomic mass is 10.1. The van der Waals surface area contributed by atoms with Crippen molar-refractivity contribution in [1.29, 1.82) is 0 Å².